The van der Waals surface area contributed by atoms with Crippen molar-refractivity contribution in [3.63, 3.8) is 0 Å². The maximum absolute atomic E-state index is 13.9. The molecule has 1 aliphatic heterocycles. The van der Waals surface area contributed by atoms with E-state index in [2.05, 4.69) is 49.9 Å². The number of carbonyl (C=O) groups excluding carboxylic acids is 2. The van der Waals surface area contributed by atoms with E-state index in [9.17, 15) is 14.7 Å². The van der Waals surface area contributed by atoms with Crippen LogP contribution in [-0.4, -0.2) is 89.2 Å². The summed E-state index contributed by atoms with van der Waals surface area (Å²) < 4.78 is 19.1. The van der Waals surface area contributed by atoms with E-state index in [4.69, 9.17) is 14.2 Å². The van der Waals surface area contributed by atoms with Crippen LogP contribution in [0.5, 0.6) is 5.75 Å². The van der Waals surface area contributed by atoms with Crippen LogP contribution in [0.3, 0.4) is 0 Å². The van der Waals surface area contributed by atoms with Crippen LogP contribution in [0.2, 0.25) is 0 Å². The van der Waals surface area contributed by atoms with Gasteiger partial charge in [0.25, 0.3) is 0 Å². The fraction of sp³-hybridized carbons (Fsp3) is 0.324. The Balaban J connectivity index is 1.07. The molecule has 3 N–H and O–H groups in total. The molecule has 0 bridgehead atoms. The maximum atomic E-state index is 13.9. The highest BCUT2D eigenvalue weighted by Crippen LogP contribution is 2.44. The van der Waals surface area contributed by atoms with Gasteiger partial charge in [0.05, 0.1) is 26.1 Å². The highest BCUT2D eigenvalue weighted by atomic mass is 16.5. The molecule has 2 amide bonds. The number of aliphatic hydroxyl groups is 1. The molecule has 13 nitrogen and oxygen atoms in total. The normalized spacial score (nSPS) is 18.7. The minimum atomic E-state index is -0.984. The van der Waals surface area contributed by atoms with E-state index in [1.165, 1.54) is 6.33 Å². The molecule has 0 spiro atoms. The molecule has 0 saturated carbocycles. The van der Waals surface area contributed by atoms with Crippen molar-refractivity contribution >= 4 is 29.0 Å². The number of hydrogen-bond donors (Lipinski definition) is 3. The zero-order valence-corrected chi connectivity index (χ0v) is 28.0. The van der Waals surface area contributed by atoms with E-state index in [0.717, 1.165) is 27.8 Å². The van der Waals surface area contributed by atoms with E-state index < -0.39 is 36.4 Å². The number of fused-ring (bicyclic) bond motifs is 4. The van der Waals surface area contributed by atoms with Crippen LogP contribution in [0.1, 0.15) is 35.3 Å². The molecule has 2 aliphatic rings. The average molecular weight is 678 g/mol. The predicted molar refractivity (Wildman–Crippen MR) is 186 cm³/mol. The van der Waals surface area contributed by atoms with Gasteiger partial charge in [-0.15, -0.1) is 0 Å². The summed E-state index contributed by atoms with van der Waals surface area (Å²) in [4.78, 5) is 42.4. The van der Waals surface area contributed by atoms with Crippen LogP contribution in [-0.2, 0) is 20.7 Å². The third-order valence-corrected chi connectivity index (χ3v) is 9.37. The second kappa shape index (κ2) is 14.1. The number of alkyl carbamates (subject to hydrolysis) is 1. The van der Waals surface area contributed by atoms with Crippen LogP contribution < -0.4 is 20.3 Å². The lowest BCUT2D eigenvalue weighted by atomic mass is 9.98. The van der Waals surface area contributed by atoms with E-state index in [1.54, 1.807) is 30.1 Å². The Morgan fingerprint density at radius 1 is 1.00 bits per heavy atom. The van der Waals surface area contributed by atoms with Gasteiger partial charge in [-0.1, -0.05) is 60.7 Å². The van der Waals surface area contributed by atoms with E-state index in [0.29, 0.717) is 29.2 Å². The Morgan fingerprint density at radius 3 is 2.36 bits per heavy atom. The zero-order chi connectivity index (χ0) is 34.8. The van der Waals surface area contributed by atoms with Crippen LogP contribution in [0.25, 0.3) is 22.3 Å². The van der Waals surface area contributed by atoms with Crippen molar-refractivity contribution in [2.24, 2.45) is 0 Å². The van der Waals surface area contributed by atoms with Gasteiger partial charge in [0.15, 0.2) is 17.0 Å². The molecule has 13 heteroatoms. The fourth-order valence-corrected chi connectivity index (χ4v) is 6.87. The van der Waals surface area contributed by atoms with Crippen molar-refractivity contribution in [1.82, 2.24) is 30.2 Å². The third-order valence-electron chi connectivity index (χ3n) is 9.37. The average Bonchev–Trinajstić information content (AvgIpc) is 3.84. The topological polar surface area (TPSA) is 153 Å². The van der Waals surface area contributed by atoms with E-state index >= 15 is 0 Å². The first-order valence-electron chi connectivity index (χ1n) is 16.5. The second-order valence-electron chi connectivity index (χ2n) is 12.7. The number of anilines is 1. The van der Waals surface area contributed by atoms with Crippen molar-refractivity contribution in [2.75, 3.05) is 39.3 Å². The predicted octanol–water partition coefficient (Wildman–Crippen LogP) is 3.82. The van der Waals surface area contributed by atoms with Crippen LogP contribution in [0, 0.1) is 0 Å². The standard InChI is InChI=1S/C37H39N7O6/c1-43(2)34-33-35(39-20-38-34)44(21-40-33)32-17-29(31(18-45)50-32)41-36(46)30(16-22-12-14-23(48-3)15-13-22)42-37(47)49-19-28-26-10-6-4-8-24(26)25-9-5-7-11-27(25)28/h4-15,20-21,28-32,45H,16-19H2,1-3H3,(H,41,46)(H,42,47)/t29-,30-,31+,32+/m0/s1. The van der Waals surface area contributed by atoms with Gasteiger partial charge < -0.3 is 34.9 Å². The molecule has 0 radical (unpaired) electrons. The number of benzene rings is 3. The molecule has 0 unspecified atom stereocenters. The molecule has 3 heterocycles. The summed E-state index contributed by atoms with van der Waals surface area (Å²) in [6.07, 6.45) is 1.66. The Hall–Kier alpha value is -5.53. The molecule has 5 aromatic rings. The number of amides is 2. The Bertz CT molecular complexity index is 1950. The molecular formula is C37H39N7O6. The monoisotopic (exact) mass is 677 g/mol. The van der Waals surface area contributed by atoms with Gasteiger partial charge in [-0.05, 0) is 39.9 Å². The van der Waals surface area contributed by atoms with Crippen molar-refractivity contribution in [2.45, 2.75) is 43.2 Å². The number of aliphatic hydroxyl groups excluding tert-OH is 1. The number of nitrogens with zero attached hydrogens (tertiary/aromatic N) is 5. The maximum Gasteiger partial charge on any atom is 0.407 e. The summed E-state index contributed by atoms with van der Waals surface area (Å²) in [5, 5.41) is 16.1. The number of imidazole rings is 1. The Morgan fingerprint density at radius 2 is 1.70 bits per heavy atom. The number of rotatable bonds is 11. The fourth-order valence-electron chi connectivity index (χ4n) is 6.87. The van der Waals surface area contributed by atoms with Crippen LogP contribution >= 0.6 is 0 Å². The zero-order valence-electron chi connectivity index (χ0n) is 28.0. The summed E-state index contributed by atoms with van der Waals surface area (Å²) in [7, 11) is 5.33. The van der Waals surface area contributed by atoms with Crippen molar-refractivity contribution in [3.8, 4) is 16.9 Å². The molecule has 7 rings (SSSR count). The molecule has 3 aromatic carbocycles. The van der Waals surface area contributed by atoms with Crippen LogP contribution in [0.4, 0.5) is 10.6 Å². The Kier molecular flexibility index (Phi) is 9.33. The minimum absolute atomic E-state index is 0.111. The quantitative estimate of drug-likeness (QED) is 0.188. The highest BCUT2D eigenvalue weighted by Gasteiger charge is 2.39. The first kappa shape index (κ1) is 33.0. The van der Waals surface area contributed by atoms with Crippen molar-refractivity contribution < 1.29 is 28.9 Å². The summed E-state index contributed by atoms with van der Waals surface area (Å²) in [6.45, 7) is -0.214. The number of aromatic nitrogens is 4. The summed E-state index contributed by atoms with van der Waals surface area (Å²) in [5.74, 6) is 0.776. The van der Waals surface area contributed by atoms with Crippen molar-refractivity contribution in [3.05, 3.63) is 102 Å². The Labute approximate surface area is 289 Å². The SMILES string of the molecule is COc1ccc(C[C@H](NC(=O)OCC2c3ccccc3-c3ccccc32)C(=O)N[C@H]2C[C@H](n3cnc4c(N(C)C)ncnc43)O[C@@H]2CO)cc1. The lowest BCUT2D eigenvalue weighted by Crippen LogP contribution is -2.53. The number of carbonyl (C=O) groups is 2. The van der Waals surface area contributed by atoms with Gasteiger partial charge in [0, 0.05) is 32.9 Å². The third kappa shape index (κ3) is 6.44. The summed E-state index contributed by atoms with van der Waals surface area (Å²) >= 11 is 0. The van der Waals surface area contributed by atoms with Gasteiger partial charge in [-0.3, -0.25) is 9.36 Å². The lowest BCUT2D eigenvalue weighted by Gasteiger charge is -2.23. The van der Waals surface area contributed by atoms with Gasteiger partial charge in [-0.25, -0.2) is 19.7 Å². The largest absolute Gasteiger partial charge is 0.497 e. The van der Waals surface area contributed by atoms with Gasteiger partial charge >= 0.3 is 6.09 Å². The first-order chi connectivity index (χ1) is 24.3. The second-order valence-corrected chi connectivity index (χ2v) is 12.7. The number of nitrogens with one attached hydrogen (secondary N) is 2. The molecule has 4 atom stereocenters. The smallest absolute Gasteiger partial charge is 0.407 e. The molecule has 1 aliphatic carbocycles. The van der Waals surface area contributed by atoms with Gasteiger partial charge in [0.2, 0.25) is 5.91 Å². The van der Waals surface area contributed by atoms with E-state index in [-0.39, 0.29) is 25.6 Å². The molecule has 2 aromatic heterocycles. The summed E-state index contributed by atoms with van der Waals surface area (Å²) in [6, 6.07) is 22.0. The lowest BCUT2D eigenvalue weighted by molar-refractivity contribution is -0.124. The molecule has 258 valence electrons. The molecule has 1 fully saturated rings. The number of ether oxygens (including phenoxy) is 3. The number of methoxy groups -OCH3 is 1. The first-order valence-corrected chi connectivity index (χ1v) is 16.5. The molecule has 1 saturated heterocycles. The van der Waals surface area contributed by atoms with Crippen molar-refractivity contribution in [1.29, 1.82) is 0 Å². The number of hydrogen-bond acceptors (Lipinski definition) is 10. The minimum Gasteiger partial charge on any atom is -0.497 e. The van der Waals surface area contributed by atoms with Crippen LogP contribution in [0.15, 0.2) is 85.5 Å². The molecule has 50 heavy (non-hydrogen) atoms. The molecular weight excluding hydrogens is 638 g/mol. The summed E-state index contributed by atoms with van der Waals surface area (Å²) in [5.41, 5.74) is 6.43. The van der Waals surface area contributed by atoms with Gasteiger partial charge in [0.1, 0.15) is 37.1 Å². The highest BCUT2D eigenvalue weighted by molar-refractivity contribution is 5.86. The van der Waals surface area contributed by atoms with Gasteiger partial charge in [-0.2, -0.15) is 0 Å². The van der Waals surface area contributed by atoms with E-state index in [1.807, 2.05) is 55.4 Å².